The fourth-order valence-corrected chi connectivity index (χ4v) is 2.94. The van der Waals surface area contributed by atoms with E-state index in [-0.39, 0.29) is 11.8 Å². The van der Waals surface area contributed by atoms with Gasteiger partial charge in [0.05, 0.1) is 12.3 Å². The first kappa shape index (κ1) is 15.4. The number of carbonyl (C=O) groups is 1. The van der Waals surface area contributed by atoms with Crippen LogP contribution in [0.5, 0.6) is 5.75 Å². The van der Waals surface area contributed by atoms with Crippen molar-refractivity contribution in [3.05, 3.63) is 66.0 Å². The van der Waals surface area contributed by atoms with Crippen LogP contribution in [0.4, 0.5) is 0 Å². The number of aromatic amines is 1. The highest BCUT2D eigenvalue weighted by atomic mass is 16.5. The second kappa shape index (κ2) is 6.76. The fourth-order valence-electron chi connectivity index (χ4n) is 2.94. The second-order valence-corrected chi connectivity index (χ2v) is 6.08. The summed E-state index contributed by atoms with van der Waals surface area (Å²) in [5, 5.41) is 9.89. The Morgan fingerprint density at radius 3 is 2.96 bits per heavy atom. The molecule has 1 unspecified atom stereocenters. The summed E-state index contributed by atoms with van der Waals surface area (Å²) in [5.41, 5.74) is 3.00. The summed E-state index contributed by atoms with van der Waals surface area (Å²) in [7, 11) is 0. The maximum atomic E-state index is 12.3. The SMILES string of the molecule is O=C(NCC1COc2ccccc2C1)c1cc(-c2ccccn2)n[nH]1. The van der Waals surface area contributed by atoms with Crippen LogP contribution >= 0.6 is 0 Å². The average molecular weight is 334 g/mol. The van der Waals surface area contributed by atoms with E-state index in [4.69, 9.17) is 4.74 Å². The molecule has 2 aromatic heterocycles. The number of nitrogens with one attached hydrogen (secondary N) is 2. The van der Waals surface area contributed by atoms with Crippen molar-refractivity contribution in [1.29, 1.82) is 0 Å². The zero-order chi connectivity index (χ0) is 17.1. The molecule has 1 atom stereocenters. The van der Waals surface area contributed by atoms with Crippen molar-refractivity contribution in [2.45, 2.75) is 6.42 Å². The number of ether oxygens (including phenoxy) is 1. The van der Waals surface area contributed by atoms with Gasteiger partial charge in [-0.15, -0.1) is 0 Å². The van der Waals surface area contributed by atoms with Crippen molar-refractivity contribution in [3.8, 4) is 17.1 Å². The standard InChI is InChI=1S/C19H18N4O2/c24-19(17-10-16(22-23-17)15-6-3-4-8-20-15)21-11-13-9-14-5-1-2-7-18(14)25-12-13/h1-8,10,13H,9,11-12H2,(H,21,24)(H,22,23). The second-order valence-electron chi connectivity index (χ2n) is 6.08. The molecule has 1 aliphatic rings. The highest BCUT2D eigenvalue weighted by Gasteiger charge is 2.20. The Morgan fingerprint density at radius 1 is 1.20 bits per heavy atom. The van der Waals surface area contributed by atoms with Crippen LogP contribution < -0.4 is 10.1 Å². The Morgan fingerprint density at radius 2 is 2.08 bits per heavy atom. The van der Waals surface area contributed by atoms with Crippen LogP contribution in [0, 0.1) is 5.92 Å². The molecule has 1 aromatic carbocycles. The van der Waals surface area contributed by atoms with E-state index in [9.17, 15) is 4.79 Å². The highest BCUT2D eigenvalue weighted by molar-refractivity contribution is 5.93. The molecule has 0 bridgehead atoms. The lowest BCUT2D eigenvalue weighted by Gasteiger charge is -2.25. The summed E-state index contributed by atoms with van der Waals surface area (Å²) >= 11 is 0. The van der Waals surface area contributed by atoms with Gasteiger partial charge in [-0.3, -0.25) is 14.9 Å². The van der Waals surface area contributed by atoms with Crippen LogP contribution in [0.2, 0.25) is 0 Å². The predicted octanol–water partition coefficient (Wildman–Crippen LogP) is 2.45. The van der Waals surface area contributed by atoms with Gasteiger partial charge in [-0.2, -0.15) is 5.10 Å². The minimum Gasteiger partial charge on any atom is -0.493 e. The van der Waals surface area contributed by atoms with Gasteiger partial charge in [0.2, 0.25) is 0 Å². The first-order valence-electron chi connectivity index (χ1n) is 8.25. The van der Waals surface area contributed by atoms with Crippen molar-refractivity contribution >= 4 is 5.91 Å². The maximum Gasteiger partial charge on any atom is 0.269 e. The third-order valence-corrected chi connectivity index (χ3v) is 4.26. The third-order valence-electron chi connectivity index (χ3n) is 4.26. The monoisotopic (exact) mass is 334 g/mol. The van der Waals surface area contributed by atoms with Crippen LogP contribution in [0.15, 0.2) is 54.7 Å². The van der Waals surface area contributed by atoms with Crippen molar-refractivity contribution in [1.82, 2.24) is 20.5 Å². The average Bonchev–Trinajstić information content (AvgIpc) is 3.17. The number of hydrogen-bond acceptors (Lipinski definition) is 4. The van der Waals surface area contributed by atoms with E-state index >= 15 is 0 Å². The third kappa shape index (κ3) is 3.38. The summed E-state index contributed by atoms with van der Waals surface area (Å²) in [6, 6.07) is 15.3. The number of aromatic nitrogens is 3. The zero-order valence-electron chi connectivity index (χ0n) is 13.6. The van der Waals surface area contributed by atoms with Crippen molar-refractivity contribution in [3.63, 3.8) is 0 Å². The molecule has 2 N–H and O–H groups in total. The van der Waals surface area contributed by atoms with Crippen molar-refractivity contribution < 1.29 is 9.53 Å². The van der Waals surface area contributed by atoms with Gasteiger partial charge >= 0.3 is 0 Å². The Kier molecular flexibility index (Phi) is 4.16. The normalized spacial score (nSPS) is 15.9. The summed E-state index contributed by atoms with van der Waals surface area (Å²) < 4.78 is 5.76. The van der Waals surface area contributed by atoms with Gasteiger partial charge in [-0.1, -0.05) is 24.3 Å². The molecule has 0 saturated carbocycles. The van der Waals surface area contributed by atoms with Gasteiger partial charge in [0.15, 0.2) is 0 Å². The summed E-state index contributed by atoms with van der Waals surface area (Å²) in [6.07, 6.45) is 2.60. The lowest BCUT2D eigenvalue weighted by Crippen LogP contribution is -2.34. The van der Waals surface area contributed by atoms with Gasteiger partial charge in [0.1, 0.15) is 17.1 Å². The van der Waals surface area contributed by atoms with Crippen molar-refractivity contribution in [2.75, 3.05) is 13.2 Å². The molecule has 6 nitrogen and oxygen atoms in total. The largest absolute Gasteiger partial charge is 0.493 e. The number of amides is 1. The topological polar surface area (TPSA) is 79.9 Å². The van der Waals surface area contributed by atoms with E-state index in [1.165, 1.54) is 5.56 Å². The van der Waals surface area contributed by atoms with E-state index in [1.807, 2.05) is 36.4 Å². The minimum atomic E-state index is -0.173. The van der Waals surface area contributed by atoms with E-state index in [2.05, 4.69) is 26.6 Å². The minimum absolute atomic E-state index is 0.173. The number of para-hydroxylation sites is 1. The molecule has 0 aliphatic carbocycles. The molecule has 1 amide bonds. The Hall–Kier alpha value is -3.15. The molecule has 1 aliphatic heterocycles. The Bertz CT molecular complexity index is 876. The number of rotatable bonds is 4. The van der Waals surface area contributed by atoms with Crippen LogP contribution in [0.3, 0.4) is 0 Å². The first-order valence-corrected chi connectivity index (χ1v) is 8.25. The van der Waals surface area contributed by atoms with E-state index < -0.39 is 0 Å². The van der Waals surface area contributed by atoms with Crippen molar-refractivity contribution in [2.24, 2.45) is 5.92 Å². The summed E-state index contributed by atoms with van der Waals surface area (Å²) in [6.45, 7) is 1.17. The summed E-state index contributed by atoms with van der Waals surface area (Å²) in [4.78, 5) is 16.6. The van der Waals surface area contributed by atoms with Gasteiger partial charge in [-0.25, -0.2) is 0 Å². The molecule has 0 saturated heterocycles. The molecule has 3 heterocycles. The molecule has 126 valence electrons. The fraction of sp³-hybridized carbons (Fsp3) is 0.211. The maximum absolute atomic E-state index is 12.3. The number of hydrogen-bond donors (Lipinski definition) is 2. The molecule has 4 rings (SSSR count). The highest BCUT2D eigenvalue weighted by Crippen LogP contribution is 2.26. The van der Waals surface area contributed by atoms with Gasteiger partial charge in [0, 0.05) is 18.7 Å². The molecular weight excluding hydrogens is 316 g/mol. The molecular formula is C19H18N4O2. The molecule has 0 fully saturated rings. The first-order chi connectivity index (χ1) is 12.3. The molecule has 0 spiro atoms. The molecule has 6 heteroatoms. The van der Waals surface area contributed by atoms with E-state index in [0.717, 1.165) is 17.9 Å². The number of nitrogens with zero attached hydrogens (tertiary/aromatic N) is 2. The van der Waals surface area contributed by atoms with Crippen LogP contribution in [-0.4, -0.2) is 34.2 Å². The Balaban J connectivity index is 1.36. The lowest BCUT2D eigenvalue weighted by molar-refractivity contribution is 0.0934. The van der Waals surface area contributed by atoms with Crippen LogP contribution in [0.1, 0.15) is 16.1 Å². The molecule has 25 heavy (non-hydrogen) atoms. The zero-order valence-corrected chi connectivity index (χ0v) is 13.6. The Labute approximate surface area is 145 Å². The number of pyridine rings is 1. The predicted molar refractivity (Wildman–Crippen MR) is 93.3 cm³/mol. The van der Waals surface area contributed by atoms with Crippen LogP contribution in [0.25, 0.3) is 11.4 Å². The number of fused-ring (bicyclic) bond motifs is 1. The summed E-state index contributed by atoms with van der Waals surface area (Å²) in [5.74, 6) is 1.03. The number of benzene rings is 1. The van der Waals surface area contributed by atoms with Gasteiger partial charge < -0.3 is 10.1 Å². The van der Waals surface area contributed by atoms with E-state index in [1.54, 1.807) is 12.3 Å². The molecule has 0 radical (unpaired) electrons. The van der Waals surface area contributed by atoms with Gasteiger partial charge in [-0.05, 0) is 36.2 Å². The van der Waals surface area contributed by atoms with Crippen LogP contribution in [-0.2, 0) is 6.42 Å². The van der Waals surface area contributed by atoms with E-state index in [0.29, 0.717) is 24.5 Å². The van der Waals surface area contributed by atoms with Gasteiger partial charge in [0.25, 0.3) is 5.91 Å². The lowest BCUT2D eigenvalue weighted by atomic mass is 9.97. The quantitative estimate of drug-likeness (QED) is 0.768. The number of carbonyl (C=O) groups excluding carboxylic acids is 1. The molecule has 3 aromatic rings. The number of H-pyrrole nitrogens is 1. The smallest absolute Gasteiger partial charge is 0.269 e.